The molecular formula is C16H16S. The Kier molecular flexibility index (Phi) is 3.66. The minimum Gasteiger partial charge on any atom is -0.132 e. The van der Waals surface area contributed by atoms with Gasteiger partial charge in [0.15, 0.2) is 0 Å². The van der Waals surface area contributed by atoms with E-state index in [1.165, 1.54) is 10.4 Å². The highest BCUT2D eigenvalue weighted by Gasteiger charge is 1.97. The quantitative estimate of drug-likeness (QED) is 0.640. The van der Waals surface area contributed by atoms with Crippen molar-refractivity contribution in [3.8, 4) is 11.8 Å². The molecule has 0 aliphatic carbocycles. The molecule has 0 amide bonds. The maximum absolute atomic E-state index is 3.20. The van der Waals surface area contributed by atoms with Gasteiger partial charge in [0.1, 0.15) is 0 Å². The SMILES string of the molecule is Cc1ccc(C#Cc2ccc(C(C)C)cc2)s1. The summed E-state index contributed by atoms with van der Waals surface area (Å²) in [5.74, 6) is 6.98. The highest BCUT2D eigenvalue weighted by atomic mass is 32.1. The van der Waals surface area contributed by atoms with E-state index in [0.29, 0.717) is 5.92 Å². The molecule has 0 N–H and O–H groups in total. The summed E-state index contributed by atoms with van der Waals surface area (Å²) in [7, 11) is 0. The molecule has 0 unspecified atom stereocenters. The van der Waals surface area contributed by atoms with Crippen molar-refractivity contribution in [1.29, 1.82) is 0 Å². The van der Waals surface area contributed by atoms with Gasteiger partial charge in [-0.15, -0.1) is 11.3 Å². The van der Waals surface area contributed by atoms with Gasteiger partial charge in [-0.3, -0.25) is 0 Å². The van der Waals surface area contributed by atoms with Gasteiger partial charge in [-0.1, -0.05) is 37.8 Å². The summed E-state index contributed by atoms with van der Waals surface area (Å²) in [6, 6.07) is 12.7. The summed E-state index contributed by atoms with van der Waals surface area (Å²) in [4.78, 5) is 2.44. The Morgan fingerprint density at radius 2 is 1.65 bits per heavy atom. The lowest BCUT2D eigenvalue weighted by molar-refractivity contribution is 0.866. The van der Waals surface area contributed by atoms with Crippen molar-refractivity contribution in [2.45, 2.75) is 26.7 Å². The van der Waals surface area contributed by atoms with E-state index < -0.39 is 0 Å². The number of hydrogen-bond acceptors (Lipinski definition) is 1. The smallest absolute Gasteiger partial charge is 0.0775 e. The molecule has 0 radical (unpaired) electrons. The fourth-order valence-electron chi connectivity index (χ4n) is 1.59. The van der Waals surface area contributed by atoms with Crippen LogP contribution in [0, 0.1) is 18.8 Å². The lowest BCUT2D eigenvalue weighted by atomic mass is 10.0. The molecular weight excluding hydrogens is 224 g/mol. The first-order chi connectivity index (χ1) is 8.15. The van der Waals surface area contributed by atoms with E-state index in [1.54, 1.807) is 11.3 Å². The van der Waals surface area contributed by atoms with Crippen molar-refractivity contribution in [2.75, 3.05) is 0 Å². The van der Waals surface area contributed by atoms with Crippen molar-refractivity contribution < 1.29 is 0 Å². The zero-order valence-electron chi connectivity index (χ0n) is 10.4. The second-order valence-corrected chi connectivity index (χ2v) is 5.72. The minimum atomic E-state index is 0.581. The maximum atomic E-state index is 3.20. The third-order valence-electron chi connectivity index (χ3n) is 2.65. The highest BCUT2D eigenvalue weighted by molar-refractivity contribution is 7.12. The second-order valence-electron chi connectivity index (χ2n) is 4.44. The molecule has 1 heterocycles. The van der Waals surface area contributed by atoms with Crippen LogP contribution >= 0.6 is 11.3 Å². The van der Waals surface area contributed by atoms with Gasteiger partial charge in [0.2, 0.25) is 0 Å². The standard InChI is InChI=1S/C16H16S/c1-12(2)15-8-5-14(6-9-15)7-11-16-10-4-13(3)17-16/h4-6,8-10,12H,1-3H3. The van der Waals surface area contributed by atoms with E-state index >= 15 is 0 Å². The first kappa shape index (κ1) is 12.0. The minimum absolute atomic E-state index is 0.581. The Labute approximate surface area is 107 Å². The summed E-state index contributed by atoms with van der Waals surface area (Å²) in [6.07, 6.45) is 0. The van der Waals surface area contributed by atoms with Gasteiger partial charge in [0.05, 0.1) is 4.88 Å². The lowest BCUT2D eigenvalue weighted by Crippen LogP contribution is -1.86. The Morgan fingerprint density at radius 1 is 0.941 bits per heavy atom. The number of benzene rings is 1. The maximum Gasteiger partial charge on any atom is 0.0775 e. The molecule has 0 spiro atoms. The normalized spacial score (nSPS) is 10.1. The Balaban J connectivity index is 2.17. The summed E-state index contributed by atoms with van der Waals surface area (Å²) in [5.41, 5.74) is 2.45. The molecule has 0 aliphatic rings. The number of aryl methyl sites for hydroxylation is 1. The van der Waals surface area contributed by atoms with E-state index in [0.717, 1.165) is 10.4 Å². The van der Waals surface area contributed by atoms with Crippen molar-refractivity contribution in [3.63, 3.8) is 0 Å². The van der Waals surface area contributed by atoms with E-state index in [1.807, 2.05) is 0 Å². The second kappa shape index (κ2) is 5.21. The fourth-order valence-corrected chi connectivity index (χ4v) is 2.31. The molecule has 0 saturated heterocycles. The largest absolute Gasteiger partial charge is 0.132 e. The van der Waals surface area contributed by atoms with Crippen LogP contribution in [0.5, 0.6) is 0 Å². The Bertz CT molecular complexity index is 547. The number of hydrogen-bond donors (Lipinski definition) is 0. The molecule has 1 aromatic heterocycles. The predicted molar refractivity (Wildman–Crippen MR) is 75.6 cm³/mol. The van der Waals surface area contributed by atoms with Gasteiger partial charge >= 0.3 is 0 Å². The van der Waals surface area contributed by atoms with Gasteiger partial charge in [0, 0.05) is 10.4 Å². The summed E-state index contributed by atoms with van der Waals surface area (Å²) in [5, 5.41) is 0. The van der Waals surface area contributed by atoms with Crippen molar-refractivity contribution in [1.82, 2.24) is 0 Å². The fraction of sp³-hybridized carbons (Fsp3) is 0.250. The molecule has 0 nitrogen and oxygen atoms in total. The lowest BCUT2D eigenvalue weighted by Gasteiger charge is -2.03. The molecule has 0 saturated carbocycles. The topological polar surface area (TPSA) is 0 Å². The van der Waals surface area contributed by atoms with Gasteiger partial charge in [0.25, 0.3) is 0 Å². The summed E-state index contributed by atoms with van der Waals surface area (Å²) >= 11 is 1.74. The van der Waals surface area contributed by atoms with Crippen LogP contribution in [0.2, 0.25) is 0 Å². The average Bonchev–Trinajstić information content (AvgIpc) is 2.73. The third-order valence-corrected chi connectivity index (χ3v) is 3.56. The van der Waals surface area contributed by atoms with Gasteiger partial charge in [-0.2, -0.15) is 0 Å². The molecule has 86 valence electrons. The molecule has 0 bridgehead atoms. The molecule has 0 atom stereocenters. The van der Waals surface area contributed by atoms with Crippen LogP contribution in [0.4, 0.5) is 0 Å². The molecule has 1 aromatic carbocycles. The van der Waals surface area contributed by atoms with Crippen LogP contribution in [0.3, 0.4) is 0 Å². The first-order valence-corrected chi connectivity index (χ1v) is 6.65. The molecule has 1 heteroatoms. The Hall–Kier alpha value is -1.52. The molecule has 2 rings (SSSR count). The molecule has 2 aromatic rings. The van der Waals surface area contributed by atoms with Crippen LogP contribution in [0.1, 0.15) is 40.6 Å². The van der Waals surface area contributed by atoms with E-state index in [9.17, 15) is 0 Å². The first-order valence-electron chi connectivity index (χ1n) is 5.83. The van der Waals surface area contributed by atoms with E-state index in [4.69, 9.17) is 0 Å². The van der Waals surface area contributed by atoms with Crippen LogP contribution < -0.4 is 0 Å². The molecule has 0 fully saturated rings. The average molecular weight is 240 g/mol. The number of rotatable bonds is 1. The summed E-state index contributed by atoms with van der Waals surface area (Å²) in [6.45, 7) is 6.51. The monoisotopic (exact) mass is 240 g/mol. The van der Waals surface area contributed by atoms with Crippen molar-refractivity contribution >= 4 is 11.3 Å². The van der Waals surface area contributed by atoms with Crippen molar-refractivity contribution in [2.24, 2.45) is 0 Å². The summed E-state index contributed by atoms with van der Waals surface area (Å²) < 4.78 is 0. The molecule has 0 aliphatic heterocycles. The van der Waals surface area contributed by atoms with Crippen molar-refractivity contribution in [3.05, 3.63) is 57.3 Å². The molecule has 17 heavy (non-hydrogen) atoms. The van der Waals surface area contributed by atoms with Crippen LogP contribution in [-0.4, -0.2) is 0 Å². The van der Waals surface area contributed by atoms with E-state index in [-0.39, 0.29) is 0 Å². The van der Waals surface area contributed by atoms with Crippen LogP contribution in [0.15, 0.2) is 36.4 Å². The zero-order chi connectivity index (χ0) is 12.3. The highest BCUT2D eigenvalue weighted by Crippen LogP contribution is 2.15. The number of thiophene rings is 1. The Morgan fingerprint density at radius 3 is 2.18 bits per heavy atom. The van der Waals surface area contributed by atoms with Gasteiger partial charge < -0.3 is 0 Å². The van der Waals surface area contributed by atoms with Crippen LogP contribution in [0.25, 0.3) is 0 Å². The van der Waals surface area contributed by atoms with Crippen LogP contribution in [-0.2, 0) is 0 Å². The van der Waals surface area contributed by atoms with Gasteiger partial charge in [-0.25, -0.2) is 0 Å². The zero-order valence-corrected chi connectivity index (χ0v) is 11.3. The third kappa shape index (κ3) is 3.22. The predicted octanol–water partition coefficient (Wildman–Crippen LogP) is 4.58. The van der Waals surface area contributed by atoms with Gasteiger partial charge in [-0.05, 0) is 42.7 Å². The van der Waals surface area contributed by atoms with E-state index in [2.05, 4.69) is 69.0 Å².